The summed E-state index contributed by atoms with van der Waals surface area (Å²) in [7, 11) is -4.14. The molecule has 4 atom stereocenters. The molecule has 1 aromatic heterocycles. The quantitative estimate of drug-likeness (QED) is 0.166. The van der Waals surface area contributed by atoms with Crippen LogP contribution < -0.4 is 4.74 Å². The number of rotatable bonds is 9. The van der Waals surface area contributed by atoms with E-state index in [1.165, 1.54) is 22.5 Å². The number of hydrogen-bond acceptors (Lipinski definition) is 7. The Hall–Kier alpha value is -3.03. The summed E-state index contributed by atoms with van der Waals surface area (Å²) in [5.74, 6) is -0.661. The van der Waals surface area contributed by atoms with Gasteiger partial charge in [0.2, 0.25) is 0 Å². The van der Waals surface area contributed by atoms with Gasteiger partial charge < -0.3 is 14.9 Å². The molecule has 7 rings (SSSR count). The Morgan fingerprint density at radius 3 is 2.43 bits per heavy atom. The summed E-state index contributed by atoms with van der Waals surface area (Å²) >= 11 is 1.06. The Bertz CT molecular complexity index is 1870. The van der Waals surface area contributed by atoms with Crippen LogP contribution in [0.5, 0.6) is 5.75 Å². The molecule has 7 nitrogen and oxygen atoms in total. The molecule has 0 spiro atoms. The number of carbonyl (C=O) groups is 1. The van der Waals surface area contributed by atoms with Crippen LogP contribution in [-0.4, -0.2) is 53.3 Å². The molecule has 2 saturated carbocycles. The number of thiophene rings is 1. The SMILES string of the molecule is CC1=CCC[C@@]2(C)[C@@H](CC[C@@]2(O)CN(Cc2ccc(OC(F)(F)F)cc2)S(=O)(=O)c2cccs2)c2ccc(cc2C(=O)C2CCCCC2)C[C@@H](O)CC1. The first kappa shape index (κ1) is 39.7. The number of allylic oxidation sites excluding steroid dienone is 2. The Labute approximate surface area is 314 Å². The van der Waals surface area contributed by atoms with Gasteiger partial charge in [-0.2, -0.15) is 4.31 Å². The summed E-state index contributed by atoms with van der Waals surface area (Å²) in [5.41, 5.74) is 1.58. The minimum absolute atomic E-state index is 0.0852. The first-order valence-corrected chi connectivity index (χ1v) is 21.0. The number of Topliss-reactive ketones (excluding diaryl/α,β-unsaturated/α-hetero) is 1. The van der Waals surface area contributed by atoms with Crippen molar-refractivity contribution < 1.29 is 41.3 Å². The number of hydrogen-bond donors (Lipinski definition) is 2. The summed E-state index contributed by atoms with van der Waals surface area (Å²) in [4.78, 5) is 14.4. The van der Waals surface area contributed by atoms with Crippen molar-refractivity contribution in [3.05, 3.63) is 93.9 Å². The molecule has 0 amide bonds. The van der Waals surface area contributed by atoms with Crippen LogP contribution >= 0.6 is 11.3 Å². The average Bonchev–Trinajstić information content (AvgIpc) is 3.75. The molecule has 4 aliphatic carbocycles. The number of halogens is 3. The first-order chi connectivity index (χ1) is 25.1. The van der Waals surface area contributed by atoms with E-state index in [1.54, 1.807) is 11.4 Å². The molecule has 2 fully saturated rings. The second-order valence-electron chi connectivity index (χ2n) is 15.5. The Kier molecular flexibility index (Phi) is 12.0. The molecular formula is C41H50F3NO6S2. The molecule has 3 aromatic rings. The lowest BCUT2D eigenvalue weighted by Gasteiger charge is -2.46. The van der Waals surface area contributed by atoms with Crippen LogP contribution in [0.2, 0.25) is 0 Å². The van der Waals surface area contributed by atoms with Crippen molar-refractivity contribution in [3.8, 4) is 5.75 Å². The Balaban J connectivity index is 1.41. The van der Waals surface area contributed by atoms with Gasteiger partial charge in [0.1, 0.15) is 9.96 Å². The van der Waals surface area contributed by atoms with E-state index in [0.717, 1.165) is 72.3 Å². The number of ketones is 1. The molecule has 53 heavy (non-hydrogen) atoms. The summed E-state index contributed by atoms with van der Waals surface area (Å²) in [6.45, 7) is 3.62. The van der Waals surface area contributed by atoms with E-state index < -0.39 is 39.3 Å². The van der Waals surface area contributed by atoms with E-state index in [4.69, 9.17) is 0 Å². The molecule has 1 heterocycles. The Morgan fingerprint density at radius 2 is 1.75 bits per heavy atom. The van der Waals surface area contributed by atoms with Crippen molar-refractivity contribution in [3.63, 3.8) is 0 Å². The predicted octanol–water partition coefficient (Wildman–Crippen LogP) is 9.34. The number of ether oxygens (including phenoxy) is 1. The van der Waals surface area contributed by atoms with Crippen molar-refractivity contribution in [1.29, 1.82) is 0 Å². The van der Waals surface area contributed by atoms with Gasteiger partial charge in [0.05, 0.1) is 11.7 Å². The van der Waals surface area contributed by atoms with Crippen molar-refractivity contribution in [2.24, 2.45) is 11.3 Å². The third-order valence-corrected chi connectivity index (χ3v) is 15.1. The molecule has 0 radical (unpaired) electrons. The fourth-order valence-electron chi connectivity index (χ4n) is 8.85. The zero-order chi connectivity index (χ0) is 38.0. The van der Waals surface area contributed by atoms with Crippen molar-refractivity contribution in [1.82, 2.24) is 4.31 Å². The zero-order valence-corrected chi connectivity index (χ0v) is 32.0. The second-order valence-corrected chi connectivity index (χ2v) is 18.7. The molecule has 0 saturated heterocycles. The Morgan fingerprint density at radius 1 is 1.02 bits per heavy atom. The minimum Gasteiger partial charge on any atom is -0.406 e. The molecule has 288 valence electrons. The standard InChI is InChI=1S/C41H50F3NO6S2/c1-28-8-6-21-39(2)36(34-19-15-30(24-32(46)16-12-28)25-35(34)38(47)31-9-4-3-5-10-31)20-22-40(39,48)27-45(53(49,50)37-11-7-23-52-37)26-29-13-17-33(18-14-29)51-41(42,43)44/h7-8,11,13-15,17-19,23,25,31-32,36,46,48H,3-6,9-10,12,16,20-22,24,26-27H2,1-2H3/t32-,36-,39-,40+/m0/s1. The summed E-state index contributed by atoms with van der Waals surface area (Å²) in [6, 6.07) is 14.2. The molecule has 0 aliphatic heterocycles. The average molecular weight is 774 g/mol. The number of benzene rings is 2. The number of aliphatic hydroxyl groups excluding tert-OH is 1. The lowest BCUT2D eigenvalue weighted by molar-refractivity contribution is -0.274. The molecule has 2 bridgehead atoms. The van der Waals surface area contributed by atoms with Gasteiger partial charge in [-0.25, -0.2) is 8.42 Å². The van der Waals surface area contributed by atoms with Gasteiger partial charge in [0, 0.05) is 30.0 Å². The molecule has 0 unspecified atom stereocenters. The van der Waals surface area contributed by atoms with Crippen molar-refractivity contribution >= 4 is 27.1 Å². The van der Waals surface area contributed by atoms with Crippen LogP contribution in [0.1, 0.15) is 117 Å². The van der Waals surface area contributed by atoms with E-state index in [2.05, 4.69) is 10.8 Å². The van der Waals surface area contributed by atoms with Crippen LogP contribution in [0, 0.1) is 11.3 Å². The fraction of sp³-hybridized carbons (Fsp3) is 0.537. The maximum atomic E-state index is 14.4. The highest BCUT2D eigenvalue weighted by atomic mass is 32.2. The van der Waals surface area contributed by atoms with Crippen LogP contribution in [0.3, 0.4) is 0 Å². The number of nitrogens with zero attached hydrogens (tertiary/aromatic N) is 1. The number of sulfonamides is 1. The van der Waals surface area contributed by atoms with Gasteiger partial charge in [0.15, 0.2) is 5.78 Å². The number of carbonyl (C=O) groups excluding carboxylic acids is 1. The van der Waals surface area contributed by atoms with Crippen LogP contribution in [0.15, 0.2) is 75.8 Å². The smallest absolute Gasteiger partial charge is 0.406 e. The molecule has 4 aliphatic rings. The van der Waals surface area contributed by atoms with Gasteiger partial charge in [-0.05, 0) is 117 Å². The number of fused-ring (bicyclic) bond motifs is 8. The van der Waals surface area contributed by atoms with Crippen LogP contribution in [0.4, 0.5) is 13.2 Å². The maximum Gasteiger partial charge on any atom is 0.573 e. The first-order valence-electron chi connectivity index (χ1n) is 18.7. The summed E-state index contributed by atoms with van der Waals surface area (Å²) in [5, 5.41) is 25.6. The fourth-order valence-corrected chi connectivity index (χ4v) is 11.5. The van der Waals surface area contributed by atoms with E-state index in [9.17, 15) is 36.6 Å². The maximum absolute atomic E-state index is 14.4. The molecule has 2 aromatic carbocycles. The van der Waals surface area contributed by atoms with Gasteiger partial charge in [-0.1, -0.05) is 68.2 Å². The van der Waals surface area contributed by atoms with Crippen molar-refractivity contribution in [2.75, 3.05) is 6.54 Å². The normalized spacial score (nSPS) is 26.2. The third kappa shape index (κ3) is 8.93. The van der Waals surface area contributed by atoms with Crippen molar-refractivity contribution in [2.45, 2.75) is 126 Å². The van der Waals surface area contributed by atoms with Crippen LogP contribution in [0.25, 0.3) is 0 Å². The third-order valence-electron chi connectivity index (χ3n) is 12.0. The number of aliphatic hydroxyl groups is 2. The summed E-state index contributed by atoms with van der Waals surface area (Å²) < 4.78 is 72.5. The highest BCUT2D eigenvalue weighted by Gasteiger charge is 2.58. The second kappa shape index (κ2) is 16.0. The summed E-state index contributed by atoms with van der Waals surface area (Å²) in [6.07, 6.45) is 5.17. The van der Waals surface area contributed by atoms with E-state index >= 15 is 0 Å². The largest absolute Gasteiger partial charge is 0.573 e. The highest BCUT2D eigenvalue weighted by Crippen LogP contribution is 2.59. The van der Waals surface area contributed by atoms with Gasteiger partial charge in [-0.15, -0.1) is 24.5 Å². The van der Waals surface area contributed by atoms with Gasteiger partial charge in [0.25, 0.3) is 10.0 Å². The monoisotopic (exact) mass is 773 g/mol. The number of alkyl halides is 3. The van der Waals surface area contributed by atoms with E-state index in [-0.39, 0.29) is 41.3 Å². The molecular weight excluding hydrogens is 724 g/mol. The lowest BCUT2D eigenvalue weighted by Crippen LogP contribution is -2.53. The highest BCUT2D eigenvalue weighted by molar-refractivity contribution is 7.91. The lowest BCUT2D eigenvalue weighted by atomic mass is 9.64. The zero-order valence-electron chi connectivity index (χ0n) is 30.4. The van der Waals surface area contributed by atoms with E-state index in [0.29, 0.717) is 49.7 Å². The predicted molar refractivity (Wildman–Crippen MR) is 199 cm³/mol. The molecule has 12 heteroatoms. The van der Waals surface area contributed by atoms with Gasteiger partial charge in [-0.3, -0.25) is 4.79 Å². The van der Waals surface area contributed by atoms with Crippen LogP contribution in [-0.2, 0) is 23.0 Å². The van der Waals surface area contributed by atoms with Gasteiger partial charge >= 0.3 is 6.36 Å². The molecule has 2 N–H and O–H groups in total. The minimum atomic E-state index is -4.87. The van der Waals surface area contributed by atoms with E-state index in [1.807, 2.05) is 32.0 Å². The topological polar surface area (TPSA) is 104 Å².